The van der Waals surface area contributed by atoms with Crippen LogP contribution in [0.15, 0.2) is 27.6 Å². The van der Waals surface area contributed by atoms with E-state index in [0.29, 0.717) is 13.1 Å². The maximum Gasteiger partial charge on any atom is 0.335 e. The van der Waals surface area contributed by atoms with E-state index in [-0.39, 0.29) is 14.9 Å². The number of sulfonamides is 1. The largest absolute Gasteiger partial charge is 0.478 e. The van der Waals surface area contributed by atoms with E-state index in [0.717, 1.165) is 25.9 Å². The number of halogens is 1. The number of carbonyl (C=O) groups is 1. The second-order valence-electron chi connectivity index (χ2n) is 5.25. The summed E-state index contributed by atoms with van der Waals surface area (Å²) in [5.74, 6) is -1.09. The maximum atomic E-state index is 12.3. The molecular formula is C14H19BrN2O4S. The smallest absolute Gasteiger partial charge is 0.335 e. The Hall–Kier alpha value is -0.960. The standard InChI is InChI=1S/C14H19BrN2O4S/c15-12-10-11(14(18)19)4-5-13(12)22(20,21)16-6-9-17-7-2-1-3-8-17/h4-5,10,16H,1-3,6-9H2,(H,18,19). The number of carboxylic acids is 1. The number of hydrogen-bond acceptors (Lipinski definition) is 4. The van der Waals surface area contributed by atoms with Crippen LogP contribution in [0.25, 0.3) is 0 Å². The van der Waals surface area contributed by atoms with E-state index in [1.54, 1.807) is 0 Å². The number of rotatable bonds is 6. The summed E-state index contributed by atoms with van der Waals surface area (Å²) < 4.78 is 27.4. The molecule has 1 heterocycles. The van der Waals surface area contributed by atoms with Crippen molar-refractivity contribution in [1.29, 1.82) is 0 Å². The zero-order valence-corrected chi connectivity index (χ0v) is 14.5. The highest BCUT2D eigenvalue weighted by Gasteiger charge is 2.19. The molecule has 0 atom stereocenters. The molecule has 0 radical (unpaired) electrons. The van der Waals surface area contributed by atoms with E-state index in [2.05, 4.69) is 25.6 Å². The van der Waals surface area contributed by atoms with Crippen molar-refractivity contribution in [1.82, 2.24) is 9.62 Å². The molecule has 1 aliphatic rings. The van der Waals surface area contributed by atoms with Gasteiger partial charge in [0.1, 0.15) is 0 Å². The maximum absolute atomic E-state index is 12.3. The Morgan fingerprint density at radius 1 is 1.27 bits per heavy atom. The number of aromatic carboxylic acids is 1. The highest BCUT2D eigenvalue weighted by Crippen LogP contribution is 2.23. The quantitative estimate of drug-likeness (QED) is 0.774. The molecular weight excluding hydrogens is 372 g/mol. The van der Waals surface area contributed by atoms with Crippen LogP contribution in [0.3, 0.4) is 0 Å². The monoisotopic (exact) mass is 390 g/mol. The van der Waals surface area contributed by atoms with E-state index in [9.17, 15) is 13.2 Å². The second kappa shape index (κ2) is 7.54. The van der Waals surface area contributed by atoms with Crippen LogP contribution in [0.5, 0.6) is 0 Å². The topological polar surface area (TPSA) is 86.7 Å². The Balaban J connectivity index is 1.99. The summed E-state index contributed by atoms with van der Waals surface area (Å²) in [6, 6.07) is 3.88. The van der Waals surface area contributed by atoms with Gasteiger partial charge in [-0.2, -0.15) is 0 Å². The normalized spacial score (nSPS) is 16.6. The molecule has 1 saturated heterocycles. The number of hydrogen-bond donors (Lipinski definition) is 2. The van der Waals surface area contributed by atoms with Crippen LogP contribution in [0.2, 0.25) is 0 Å². The van der Waals surface area contributed by atoms with Gasteiger partial charge < -0.3 is 10.0 Å². The Morgan fingerprint density at radius 3 is 2.55 bits per heavy atom. The van der Waals surface area contributed by atoms with Gasteiger partial charge in [0.25, 0.3) is 0 Å². The zero-order valence-electron chi connectivity index (χ0n) is 12.1. The number of piperidine rings is 1. The summed E-state index contributed by atoms with van der Waals surface area (Å²) in [4.78, 5) is 13.2. The van der Waals surface area contributed by atoms with Crippen LogP contribution >= 0.6 is 15.9 Å². The van der Waals surface area contributed by atoms with Crippen LogP contribution in [-0.4, -0.2) is 50.6 Å². The molecule has 1 aromatic rings. The minimum absolute atomic E-state index is 0.0409. The van der Waals surface area contributed by atoms with Gasteiger partial charge in [-0.05, 0) is 60.1 Å². The number of carboxylic acid groups (broad SMARTS) is 1. The van der Waals surface area contributed by atoms with Gasteiger partial charge in [-0.1, -0.05) is 6.42 Å². The van der Waals surface area contributed by atoms with Gasteiger partial charge in [0.15, 0.2) is 0 Å². The third-order valence-electron chi connectivity index (χ3n) is 3.64. The SMILES string of the molecule is O=C(O)c1ccc(S(=O)(=O)NCCN2CCCCC2)c(Br)c1. The molecule has 22 heavy (non-hydrogen) atoms. The van der Waals surface area contributed by atoms with Crippen LogP contribution in [0, 0.1) is 0 Å². The summed E-state index contributed by atoms with van der Waals surface area (Å²) in [5.41, 5.74) is 0.0409. The van der Waals surface area contributed by atoms with Gasteiger partial charge in [0.05, 0.1) is 10.5 Å². The highest BCUT2D eigenvalue weighted by atomic mass is 79.9. The first-order valence-electron chi connectivity index (χ1n) is 7.15. The Labute approximate surface area is 138 Å². The fourth-order valence-electron chi connectivity index (χ4n) is 2.45. The molecule has 6 nitrogen and oxygen atoms in total. The molecule has 122 valence electrons. The molecule has 1 aromatic carbocycles. The van der Waals surface area contributed by atoms with Crippen molar-refractivity contribution in [2.45, 2.75) is 24.2 Å². The molecule has 8 heteroatoms. The van der Waals surface area contributed by atoms with E-state index in [4.69, 9.17) is 5.11 Å². The van der Waals surface area contributed by atoms with Gasteiger partial charge in [0.2, 0.25) is 10.0 Å². The molecule has 1 fully saturated rings. The van der Waals surface area contributed by atoms with Crippen LogP contribution in [0.1, 0.15) is 29.6 Å². The number of likely N-dealkylation sites (tertiary alicyclic amines) is 1. The third-order valence-corrected chi connectivity index (χ3v) is 6.07. The molecule has 2 rings (SSSR count). The van der Waals surface area contributed by atoms with Gasteiger partial charge in [-0.15, -0.1) is 0 Å². The van der Waals surface area contributed by atoms with Crippen molar-refractivity contribution < 1.29 is 18.3 Å². The zero-order chi connectivity index (χ0) is 16.2. The lowest BCUT2D eigenvalue weighted by atomic mass is 10.1. The number of benzene rings is 1. The van der Waals surface area contributed by atoms with Crippen LogP contribution in [-0.2, 0) is 10.0 Å². The molecule has 0 aromatic heterocycles. The fourth-order valence-corrected chi connectivity index (χ4v) is 4.55. The highest BCUT2D eigenvalue weighted by molar-refractivity contribution is 9.10. The molecule has 0 saturated carbocycles. The number of nitrogens with zero attached hydrogens (tertiary/aromatic N) is 1. The lowest BCUT2D eigenvalue weighted by Crippen LogP contribution is -2.37. The molecule has 0 bridgehead atoms. The van der Waals surface area contributed by atoms with Crippen LogP contribution in [0.4, 0.5) is 0 Å². The van der Waals surface area contributed by atoms with Crippen molar-refractivity contribution in [3.63, 3.8) is 0 Å². The Bertz CT molecular complexity index is 642. The molecule has 2 N–H and O–H groups in total. The van der Waals surface area contributed by atoms with Crippen molar-refractivity contribution in [3.05, 3.63) is 28.2 Å². The summed E-state index contributed by atoms with van der Waals surface area (Å²) in [7, 11) is -3.65. The summed E-state index contributed by atoms with van der Waals surface area (Å²) in [5, 5.41) is 8.90. The van der Waals surface area contributed by atoms with E-state index < -0.39 is 16.0 Å². The molecule has 0 amide bonds. The molecule has 0 aliphatic carbocycles. The average Bonchev–Trinajstić information content (AvgIpc) is 2.47. The lowest BCUT2D eigenvalue weighted by Gasteiger charge is -2.26. The van der Waals surface area contributed by atoms with Gasteiger partial charge in [-0.3, -0.25) is 0 Å². The van der Waals surface area contributed by atoms with E-state index >= 15 is 0 Å². The average molecular weight is 391 g/mol. The predicted octanol–water partition coefficient (Wildman–Crippen LogP) is 1.91. The summed E-state index contributed by atoms with van der Waals surface area (Å²) >= 11 is 3.13. The fraction of sp³-hybridized carbons (Fsp3) is 0.500. The lowest BCUT2D eigenvalue weighted by molar-refractivity contribution is 0.0696. The Kier molecular flexibility index (Phi) is 5.96. The molecule has 0 unspecified atom stereocenters. The second-order valence-corrected chi connectivity index (χ2v) is 7.84. The first kappa shape index (κ1) is 17.4. The first-order chi connectivity index (χ1) is 10.4. The van der Waals surface area contributed by atoms with Crippen molar-refractivity contribution in [2.24, 2.45) is 0 Å². The van der Waals surface area contributed by atoms with Crippen molar-refractivity contribution in [3.8, 4) is 0 Å². The van der Waals surface area contributed by atoms with Crippen LogP contribution < -0.4 is 4.72 Å². The summed E-state index contributed by atoms with van der Waals surface area (Å²) in [6.45, 7) is 3.05. The van der Waals surface area contributed by atoms with Crippen molar-refractivity contribution >= 4 is 31.9 Å². The summed E-state index contributed by atoms with van der Waals surface area (Å²) in [6.07, 6.45) is 3.56. The van der Waals surface area contributed by atoms with E-state index in [1.165, 1.54) is 24.6 Å². The van der Waals surface area contributed by atoms with Gasteiger partial charge in [0, 0.05) is 17.6 Å². The third kappa shape index (κ3) is 4.52. The van der Waals surface area contributed by atoms with Gasteiger partial charge >= 0.3 is 5.97 Å². The number of nitrogens with one attached hydrogen (secondary N) is 1. The van der Waals surface area contributed by atoms with Gasteiger partial charge in [-0.25, -0.2) is 17.9 Å². The predicted molar refractivity (Wildman–Crippen MR) is 86.6 cm³/mol. The van der Waals surface area contributed by atoms with Crippen molar-refractivity contribution in [2.75, 3.05) is 26.2 Å². The first-order valence-corrected chi connectivity index (χ1v) is 9.42. The minimum Gasteiger partial charge on any atom is -0.478 e. The molecule has 1 aliphatic heterocycles. The molecule has 0 spiro atoms. The minimum atomic E-state index is -3.65. The van der Waals surface area contributed by atoms with E-state index in [1.807, 2.05) is 0 Å². The Morgan fingerprint density at radius 2 is 1.95 bits per heavy atom.